The molecule has 4 aliphatic rings. The van der Waals surface area contributed by atoms with E-state index in [0.29, 0.717) is 28.8 Å². The van der Waals surface area contributed by atoms with Gasteiger partial charge in [-0.3, -0.25) is 4.79 Å². The molecule has 0 radical (unpaired) electrons. The van der Waals surface area contributed by atoms with E-state index < -0.39 is 0 Å². The van der Waals surface area contributed by atoms with E-state index >= 15 is 0 Å². The molecular formula is C23H33N5OS. The molecule has 0 aliphatic heterocycles. The molecule has 0 spiro atoms. The number of aromatic nitrogens is 4. The van der Waals surface area contributed by atoms with Gasteiger partial charge in [0.1, 0.15) is 0 Å². The molecule has 2 aromatic rings. The predicted molar refractivity (Wildman–Crippen MR) is 119 cm³/mol. The lowest BCUT2D eigenvalue weighted by atomic mass is 9.47. The second kappa shape index (κ2) is 7.50. The molecule has 4 saturated carbocycles. The number of nitrogens with one attached hydrogen (secondary N) is 1. The summed E-state index contributed by atoms with van der Waals surface area (Å²) in [6, 6.07) is 0.296. The van der Waals surface area contributed by atoms with Gasteiger partial charge in [0.15, 0.2) is 0 Å². The molecule has 7 heteroatoms. The molecule has 0 aromatic carbocycles. The van der Waals surface area contributed by atoms with Crippen molar-refractivity contribution in [3.05, 3.63) is 17.0 Å². The van der Waals surface area contributed by atoms with Crippen LogP contribution in [0.25, 0.3) is 5.78 Å². The molecule has 1 N–H and O–H groups in total. The van der Waals surface area contributed by atoms with E-state index in [1.165, 1.54) is 50.3 Å². The molecular weight excluding hydrogens is 394 g/mol. The fourth-order valence-electron chi connectivity index (χ4n) is 7.23. The van der Waals surface area contributed by atoms with Gasteiger partial charge in [0.2, 0.25) is 11.1 Å². The van der Waals surface area contributed by atoms with Gasteiger partial charge >= 0.3 is 0 Å². The van der Waals surface area contributed by atoms with Gasteiger partial charge in [0.05, 0.1) is 6.42 Å². The van der Waals surface area contributed by atoms with Crippen molar-refractivity contribution in [3.8, 4) is 0 Å². The monoisotopic (exact) mass is 427 g/mol. The zero-order valence-electron chi connectivity index (χ0n) is 18.6. The summed E-state index contributed by atoms with van der Waals surface area (Å²) in [5.74, 6) is 3.43. The van der Waals surface area contributed by atoms with Gasteiger partial charge in [-0.05, 0) is 88.2 Å². The Balaban J connectivity index is 1.35. The van der Waals surface area contributed by atoms with Gasteiger partial charge in [-0.1, -0.05) is 18.7 Å². The lowest BCUT2D eigenvalue weighted by molar-refractivity contribution is -0.126. The van der Waals surface area contributed by atoms with Crippen molar-refractivity contribution in [1.29, 1.82) is 0 Å². The Morgan fingerprint density at radius 3 is 2.37 bits per heavy atom. The van der Waals surface area contributed by atoms with Crippen LogP contribution >= 0.6 is 11.8 Å². The van der Waals surface area contributed by atoms with Gasteiger partial charge in [-0.2, -0.15) is 4.98 Å². The van der Waals surface area contributed by atoms with Crippen molar-refractivity contribution in [3.63, 3.8) is 0 Å². The third kappa shape index (κ3) is 3.33. The Kier molecular flexibility index (Phi) is 5.07. The van der Waals surface area contributed by atoms with Gasteiger partial charge < -0.3 is 5.32 Å². The summed E-state index contributed by atoms with van der Waals surface area (Å²) in [6.07, 6.45) is 11.6. The maximum atomic E-state index is 13.2. The van der Waals surface area contributed by atoms with Gasteiger partial charge in [-0.15, -0.1) is 5.10 Å². The van der Waals surface area contributed by atoms with Gasteiger partial charge in [0, 0.05) is 23.0 Å². The number of fused-ring (bicyclic) bond motifs is 1. The summed E-state index contributed by atoms with van der Waals surface area (Å²) in [5.41, 5.74) is 3.14. The molecule has 4 fully saturated rings. The number of carbonyl (C=O) groups is 1. The van der Waals surface area contributed by atoms with Crippen LogP contribution in [0, 0.1) is 37.0 Å². The summed E-state index contributed by atoms with van der Waals surface area (Å²) in [4.78, 5) is 22.2. The first-order valence-electron chi connectivity index (χ1n) is 11.5. The van der Waals surface area contributed by atoms with Crippen LogP contribution in [0.15, 0.2) is 5.16 Å². The summed E-state index contributed by atoms with van der Waals surface area (Å²) in [7, 11) is 0. The highest BCUT2D eigenvalue weighted by atomic mass is 32.2. The largest absolute Gasteiger partial charge is 0.353 e. The molecule has 162 valence electrons. The smallest absolute Gasteiger partial charge is 0.253 e. The van der Waals surface area contributed by atoms with Crippen molar-refractivity contribution in [2.24, 2.45) is 23.2 Å². The van der Waals surface area contributed by atoms with Crippen LogP contribution in [0.2, 0.25) is 0 Å². The first-order valence-corrected chi connectivity index (χ1v) is 12.7. The number of carbonyl (C=O) groups excluding carboxylic acids is 1. The molecule has 1 amide bonds. The molecule has 6 nitrogen and oxygen atoms in total. The van der Waals surface area contributed by atoms with E-state index in [4.69, 9.17) is 0 Å². The minimum absolute atomic E-state index is 0.121. The third-order valence-electron chi connectivity index (χ3n) is 8.12. The quantitative estimate of drug-likeness (QED) is 0.702. The highest BCUT2D eigenvalue weighted by Gasteiger charge is 2.54. The first kappa shape index (κ1) is 20.3. The van der Waals surface area contributed by atoms with Crippen LogP contribution in [0.4, 0.5) is 0 Å². The minimum atomic E-state index is 0.121. The number of nitrogens with zero attached hydrogens (tertiary/aromatic N) is 4. The SMILES string of the molecule is CCC(NC(=O)Cc1c(C)nc2nc(SC)nn2c1C)C12CC3CC(CC(C3)C1)C2. The standard InChI is InChI=1S/C23H33N5OS/c1-5-19(23-10-15-6-16(11-23)8-17(7-15)12-23)25-20(29)9-18-13(2)24-21-26-22(30-4)27-28(21)14(18)3/h15-17,19H,5-12H2,1-4H3,(H,25,29). The van der Waals surface area contributed by atoms with Crippen LogP contribution in [0.1, 0.15) is 68.8 Å². The molecule has 30 heavy (non-hydrogen) atoms. The van der Waals surface area contributed by atoms with E-state index in [1.54, 1.807) is 4.52 Å². The van der Waals surface area contributed by atoms with Crippen molar-refractivity contribution in [2.75, 3.05) is 6.26 Å². The van der Waals surface area contributed by atoms with Crippen molar-refractivity contribution in [2.45, 2.75) is 83.3 Å². The zero-order valence-corrected chi connectivity index (χ0v) is 19.4. The number of amides is 1. The lowest BCUT2D eigenvalue weighted by Gasteiger charge is -2.59. The normalized spacial score (nSPS) is 30.7. The van der Waals surface area contributed by atoms with Gasteiger partial charge in [0.25, 0.3) is 5.78 Å². The molecule has 0 saturated heterocycles. The number of hydrogen-bond donors (Lipinski definition) is 1. The molecule has 6 rings (SSSR count). The Labute approximate surface area is 183 Å². The Hall–Kier alpha value is -1.63. The van der Waals surface area contributed by atoms with E-state index in [-0.39, 0.29) is 5.91 Å². The van der Waals surface area contributed by atoms with Crippen LogP contribution in [0.3, 0.4) is 0 Å². The maximum Gasteiger partial charge on any atom is 0.253 e. The molecule has 1 atom stereocenters. The second-order valence-electron chi connectivity index (χ2n) is 10.1. The summed E-state index contributed by atoms with van der Waals surface area (Å²) in [5, 5.41) is 8.70. The lowest BCUT2D eigenvalue weighted by Crippen LogP contribution is -2.56. The minimum Gasteiger partial charge on any atom is -0.353 e. The van der Waals surface area contributed by atoms with Crippen LogP contribution in [-0.4, -0.2) is 37.8 Å². The average Bonchev–Trinajstić information content (AvgIpc) is 3.11. The molecule has 4 bridgehead atoms. The van der Waals surface area contributed by atoms with Crippen LogP contribution < -0.4 is 5.32 Å². The summed E-state index contributed by atoms with van der Waals surface area (Å²) < 4.78 is 1.78. The summed E-state index contributed by atoms with van der Waals surface area (Å²) in [6.45, 7) is 6.23. The molecule has 2 aromatic heterocycles. The van der Waals surface area contributed by atoms with E-state index in [9.17, 15) is 4.79 Å². The Morgan fingerprint density at radius 2 is 1.80 bits per heavy atom. The zero-order chi connectivity index (χ0) is 21.0. The fourth-order valence-corrected chi connectivity index (χ4v) is 7.57. The molecule has 2 heterocycles. The van der Waals surface area contributed by atoms with Gasteiger partial charge in [-0.25, -0.2) is 9.50 Å². The van der Waals surface area contributed by atoms with Crippen molar-refractivity contribution in [1.82, 2.24) is 24.9 Å². The van der Waals surface area contributed by atoms with Crippen molar-refractivity contribution >= 4 is 23.4 Å². The predicted octanol–water partition coefficient (Wildman–Crippen LogP) is 4.12. The average molecular weight is 428 g/mol. The maximum absolute atomic E-state index is 13.2. The number of rotatable bonds is 6. The van der Waals surface area contributed by atoms with E-state index in [0.717, 1.165) is 41.1 Å². The van der Waals surface area contributed by atoms with E-state index in [2.05, 4.69) is 27.3 Å². The van der Waals surface area contributed by atoms with Crippen LogP contribution in [0.5, 0.6) is 0 Å². The number of aryl methyl sites for hydroxylation is 2. The topological polar surface area (TPSA) is 72.2 Å². The van der Waals surface area contributed by atoms with Crippen LogP contribution in [-0.2, 0) is 11.2 Å². The summed E-state index contributed by atoms with van der Waals surface area (Å²) >= 11 is 1.51. The molecule has 1 unspecified atom stereocenters. The number of hydrogen-bond acceptors (Lipinski definition) is 5. The fraction of sp³-hybridized carbons (Fsp3) is 0.739. The molecule has 4 aliphatic carbocycles. The first-order chi connectivity index (χ1) is 14.4. The Bertz CT molecular complexity index is 948. The van der Waals surface area contributed by atoms with E-state index in [1.807, 2.05) is 20.1 Å². The van der Waals surface area contributed by atoms with Crippen molar-refractivity contribution < 1.29 is 4.79 Å². The highest BCUT2D eigenvalue weighted by Crippen LogP contribution is 2.61. The number of thioether (sulfide) groups is 1. The highest BCUT2D eigenvalue weighted by molar-refractivity contribution is 7.98. The second-order valence-corrected chi connectivity index (χ2v) is 10.8. The Morgan fingerprint density at radius 1 is 1.17 bits per heavy atom. The third-order valence-corrected chi connectivity index (χ3v) is 8.66.